The molecule has 0 saturated heterocycles. The minimum Gasteiger partial charge on any atom is -0.289 e. The fraction of sp³-hybridized carbons (Fsp3) is 0. The third-order valence-electron chi connectivity index (χ3n) is 2.69. The summed E-state index contributed by atoms with van der Waals surface area (Å²) in [5.41, 5.74) is 3.80. The molecule has 2 heteroatoms. The molecule has 72 valence electrons. The lowest BCUT2D eigenvalue weighted by atomic mass is 10.1. The van der Waals surface area contributed by atoms with E-state index in [-0.39, 0.29) is 5.78 Å². The van der Waals surface area contributed by atoms with Crippen LogP contribution in [0.1, 0.15) is 15.9 Å². The van der Waals surface area contributed by atoms with Gasteiger partial charge in [0.1, 0.15) is 0 Å². The van der Waals surface area contributed by atoms with E-state index in [2.05, 4.69) is 28.7 Å². The van der Waals surface area contributed by atoms with Gasteiger partial charge >= 0.3 is 0 Å². The van der Waals surface area contributed by atoms with Crippen molar-refractivity contribution in [3.05, 3.63) is 57.2 Å². The van der Waals surface area contributed by atoms with Crippen molar-refractivity contribution in [3.8, 4) is 11.1 Å². The second-order valence-corrected chi connectivity index (χ2v) is 4.81. The van der Waals surface area contributed by atoms with Crippen molar-refractivity contribution in [2.24, 2.45) is 0 Å². The highest BCUT2D eigenvalue weighted by Crippen LogP contribution is 2.36. The SMILES string of the molecule is O=C1c2ccccc2-c2cc(I)ccc21. The first-order valence-corrected chi connectivity index (χ1v) is 5.79. The summed E-state index contributed by atoms with van der Waals surface area (Å²) < 4.78 is 1.16. The van der Waals surface area contributed by atoms with Gasteiger partial charge in [0.25, 0.3) is 0 Å². The maximum Gasteiger partial charge on any atom is 0.194 e. The van der Waals surface area contributed by atoms with E-state index in [1.165, 1.54) is 0 Å². The Hall–Kier alpha value is -1.16. The summed E-state index contributed by atoms with van der Waals surface area (Å²) in [6, 6.07) is 13.7. The highest BCUT2D eigenvalue weighted by molar-refractivity contribution is 14.1. The summed E-state index contributed by atoms with van der Waals surface area (Å²) in [6.45, 7) is 0. The van der Waals surface area contributed by atoms with Gasteiger partial charge in [-0.05, 0) is 51.9 Å². The van der Waals surface area contributed by atoms with E-state index in [4.69, 9.17) is 0 Å². The average molecular weight is 306 g/mol. The van der Waals surface area contributed by atoms with Crippen LogP contribution in [-0.4, -0.2) is 5.78 Å². The molecule has 0 atom stereocenters. The zero-order valence-electron chi connectivity index (χ0n) is 7.83. The quantitative estimate of drug-likeness (QED) is 0.581. The molecule has 0 aromatic heterocycles. The Morgan fingerprint density at radius 2 is 1.47 bits per heavy atom. The third kappa shape index (κ3) is 1.24. The predicted molar refractivity (Wildman–Crippen MR) is 68.0 cm³/mol. The van der Waals surface area contributed by atoms with Crippen molar-refractivity contribution < 1.29 is 4.79 Å². The maximum atomic E-state index is 12.0. The molecule has 0 spiro atoms. The van der Waals surface area contributed by atoms with Gasteiger partial charge in [-0.1, -0.05) is 24.3 Å². The van der Waals surface area contributed by atoms with Crippen molar-refractivity contribution in [2.75, 3.05) is 0 Å². The lowest BCUT2D eigenvalue weighted by molar-refractivity contribution is 0.104. The molecule has 0 aliphatic heterocycles. The van der Waals surface area contributed by atoms with E-state index in [1.54, 1.807) is 0 Å². The van der Waals surface area contributed by atoms with E-state index >= 15 is 0 Å². The number of benzene rings is 2. The van der Waals surface area contributed by atoms with Gasteiger partial charge in [-0.15, -0.1) is 0 Å². The van der Waals surface area contributed by atoms with Crippen molar-refractivity contribution in [2.45, 2.75) is 0 Å². The molecule has 0 heterocycles. The first-order chi connectivity index (χ1) is 7.27. The van der Waals surface area contributed by atoms with Crippen molar-refractivity contribution in [1.82, 2.24) is 0 Å². The second kappa shape index (κ2) is 3.17. The highest BCUT2D eigenvalue weighted by Gasteiger charge is 2.25. The van der Waals surface area contributed by atoms with Crippen LogP contribution in [0.3, 0.4) is 0 Å². The smallest absolute Gasteiger partial charge is 0.194 e. The average Bonchev–Trinajstić information content (AvgIpc) is 2.54. The van der Waals surface area contributed by atoms with Gasteiger partial charge in [0, 0.05) is 14.7 Å². The summed E-state index contributed by atoms with van der Waals surface area (Å²) in [7, 11) is 0. The molecule has 0 saturated carbocycles. The zero-order valence-corrected chi connectivity index (χ0v) is 9.99. The van der Waals surface area contributed by atoms with Crippen LogP contribution in [0, 0.1) is 3.57 Å². The summed E-state index contributed by atoms with van der Waals surface area (Å²) in [6.07, 6.45) is 0. The molecule has 0 radical (unpaired) electrons. The first kappa shape index (κ1) is 9.09. The predicted octanol–water partition coefficient (Wildman–Crippen LogP) is 3.50. The lowest BCUT2D eigenvalue weighted by Gasteiger charge is -1.99. The minimum absolute atomic E-state index is 0.150. The Balaban J connectivity index is 2.39. The number of hydrogen-bond donors (Lipinski definition) is 0. The molecule has 1 nitrogen and oxygen atoms in total. The van der Waals surface area contributed by atoms with Crippen LogP contribution >= 0.6 is 22.6 Å². The number of hydrogen-bond acceptors (Lipinski definition) is 1. The van der Waals surface area contributed by atoms with Gasteiger partial charge in [-0.25, -0.2) is 0 Å². The van der Waals surface area contributed by atoms with E-state index in [0.717, 1.165) is 25.8 Å². The summed E-state index contributed by atoms with van der Waals surface area (Å²) >= 11 is 2.27. The fourth-order valence-electron chi connectivity index (χ4n) is 2.00. The monoisotopic (exact) mass is 306 g/mol. The van der Waals surface area contributed by atoms with Crippen LogP contribution < -0.4 is 0 Å². The van der Waals surface area contributed by atoms with Crippen LogP contribution in [0.15, 0.2) is 42.5 Å². The Bertz CT molecular complexity index is 572. The molecule has 1 aliphatic rings. The van der Waals surface area contributed by atoms with E-state index in [1.807, 2.05) is 36.4 Å². The molecule has 0 N–H and O–H groups in total. The largest absolute Gasteiger partial charge is 0.289 e. The van der Waals surface area contributed by atoms with Gasteiger partial charge in [0.15, 0.2) is 5.78 Å². The molecular weight excluding hydrogens is 299 g/mol. The molecule has 1 aliphatic carbocycles. The van der Waals surface area contributed by atoms with Crippen LogP contribution in [-0.2, 0) is 0 Å². The number of carbonyl (C=O) groups excluding carboxylic acids is 1. The molecule has 2 aromatic rings. The number of fused-ring (bicyclic) bond motifs is 3. The molecule has 2 aromatic carbocycles. The molecule has 3 rings (SSSR count). The zero-order chi connectivity index (χ0) is 10.4. The summed E-state index contributed by atoms with van der Waals surface area (Å²) in [5, 5.41) is 0. The Morgan fingerprint density at radius 3 is 2.27 bits per heavy atom. The number of halogens is 1. The summed E-state index contributed by atoms with van der Waals surface area (Å²) in [5.74, 6) is 0.150. The lowest BCUT2D eigenvalue weighted by Crippen LogP contribution is -1.94. The first-order valence-electron chi connectivity index (χ1n) is 4.71. The van der Waals surface area contributed by atoms with E-state index in [0.29, 0.717) is 0 Å². The van der Waals surface area contributed by atoms with Gasteiger partial charge in [0.2, 0.25) is 0 Å². The van der Waals surface area contributed by atoms with Crippen molar-refractivity contribution >= 4 is 28.4 Å². The van der Waals surface area contributed by atoms with Crippen LogP contribution in [0.5, 0.6) is 0 Å². The van der Waals surface area contributed by atoms with Crippen LogP contribution in [0.4, 0.5) is 0 Å². The van der Waals surface area contributed by atoms with Gasteiger partial charge < -0.3 is 0 Å². The summed E-state index contributed by atoms with van der Waals surface area (Å²) in [4.78, 5) is 12.0. The Kier molecular flexibility index (Phi) is 1.92. The van der Waals surface area contributed by atoms with Gasteiger partial charge in [-0.3, -0.25) is 4.79 Å². The fourth-order valence-corrected chi connectivity index (χ4v) is 2.49. The van der Waals surface area contributed by atoms with Gasteiger partial charge in [-0.2, -0.15) is 0 Å². The standard InChI is InChI=1S/C13H7IO/c14-8-5-6-11-12(7-8)9-3-1-2-4-10(9)13(11)15/h1-7H. The van der Waals surface area contributed by atoms with Crippen LogP contribution in [0.25, 0.3) is 11.1 Å². The maximum absolute atomic E-state index is 12.0. The number of rotatable bonds is 0. The van der Waals surface area contributed by atoms with Crippen molar-refractivity contribution in [3.63, 3.8) is 0 Å². The second-order valence-electron chi connectivity index (χ2n) is 3.56. The molecule has 0 unspecified atom stereocenters. The normalized spacial score (nSPS) is 12.5. The van der Waals surface area contributed by atoms with Crippen LogP contribution in [0.2, 0.25) is 0 Å². The van der Waals surface area contributed by atoms with Crippen molar-refractivity contribution in [1.29, 1.82) is 0 Å². The Labute approximate surface area is 101 Å². The molecule has 15 heavy (non-hydrogen) atoms. The third-order valence-corrected chi connectivity index (χ3v) is 3.36. The topological polar surface area (TPSA) is 17.1 Å². The molecule has 0 fully saturated rings. The number of carbonyl (C=O) groups is 1. The highest BCUT2D eigenvalue weighted by atomic mass is 127. The molecular formula is C13H7IO. The number of ketones is 1. The van der Waals surface area contributed by atoms with Gasteiger partial charge in [0.05, 0.1) is 0 Å². The Morgan fingerprint density at radius 1 is 0.800 bits per heavy atom. The van der Waals surface area contributed by atoms with E-state index < -0.39 is 0 Å². The van der Waals surface area contributed by atoms with E-state index in [9.17, 15) is 4.79 Å². The molecule has 0 bridgehead atoms. The minimum atomic E-state index is 0.150. The molecule has 0 amide bonds.